The number of hydrogen-bond acceptors (Lipinski definition) is 4. The van der Waals surface area contributed by atoms with Crippen molar-refractivity contribution >= 4 is 12.6 Å². The maximum atomic E-state index is 13.6. The Morgan fingerprint density at radius 2 is 1.74 bits per heavy atom. The van der Waals surface area contributed by atoms with Gasteiger partial charge in [-0.25, -0.2) is 4.39 Å². The van der Waals surface area contributed by atoms with Crippen LogP contribution in [0.2, 0.25) is 0 Å². The van der Waals surface area contributed by atoms with E-state index in [0.717, 1.165) is 13.1 Å². The van der Waals surface area contributed by atoms with Gasteiger partial charge in [0.25, 0.3) is 0 Å². The lowest BCUT2D eigenvalue weighted by Gasteiger charge is -2.38. The first-order chi connectivity index (χ1) is 10.5. The average molecular weight is 325 g/mol. The molecule has 0 aliphatic carbocycles. The van der Waals surface area contributed by atoms with Gasteiger partial charge >= 0.3 is 7.12 Å². The quantitative estimate of drug-likeness (QED) is 0.717. The molecule has 0 spiro atoms. The molecule has 1 aromatic carbocycles. The smallest absolute Gasteiger partial charge is 0.423 e. The van der Waals surface area contributed by atoms with Gasteiger partial charge in [-0.15, -0.1) is 0 Å². The third-order valence-electron chi connectivity index (χ3n) is 4.54. The number of hydrogen-bond donors (Lipinski definition) is 2. The van der Waals surface area contributed by atoms with E-state index in [1.807, 2.05) is 13.8 Å². The summed E-state index contributed by atoms with van der Waals surface area (Å²) < 4.78 is 19.3. The van der Waals surface area contributed by atoms with Crippen LogP contribution >= 0.6 is 0 Å². The van der Waals surface area contributed by atoms with Gasteiger partial charge < -0.3 is 14.8 Å². The van der Waals surface area contributed by atoms with E-state index in [-0.39, 0.29) is 5.82 Å². The van der Waals surface area contributed by atoms with E-state index < -0.39 is 18.3 Å². The predicted molar refractivity (Wildman–Crippen MR) is 92.1 cm³/mol. The summed E-state index contributed by atoms with van der Waals surface area (Å²) in [5, 5.41) is 20.6. The van der Waals surface area contributed by atoms with Crippen molar-refractivity contribution < 1.29 is 19.2 Å². The largest absolute Gasteiger partial charge is 0.491 e. The predicted octanol–water partition coefficient (Wildman–Crippen LogP) is 1.92. The van der Waals surface area contributed by atoms with Gasteiger partial charge in [-0.2, -0.15) is 0 Å². The van der Waals surface area contributed by atoms with Crippen molar-refractivity contribution in [3.63, 3.8) is 0 Å². The van der Waals surface area contributed by atoms with Crippen LogP contribution in [0, 0.1) is 5.82 Å². The Morgan fingerprint density at radius 1 is 1.17 bits per heavy atom. The summed E-state index contributed by atoms with van der Waals surface area (Å²) >= 11 is 0. The summed E-state index contributed by atoms with van der Waals surface area (Å²) in [4.78, 5) is 2.13. The first kappa shape index (κ1) is 20.1. The fourth-order valence-corrected chi connectivity index (χ4v) is 2.13. The second kappa shape index (κ2) is 7.75. The molecule has 0 unspecified atom stereocenters. The summed E-state index contributed by atoms with van der Waals surface area (Å²) in [6.45, 7) is 12.9. The van der Waals surface area contributed by atoms with Crippen LogP contribution in [-0.4, -0.2) is 46.4 Å². The van der Waals surface area contributed by atoms with Crippen molar-refractivity contribution in [1.29, 1.82) is 0 Å². The lowest BCUT2D eigenvalue weighted by atomic mass is 9.74. The number of nitrogens with zero attached hydrogens (tertiary/aromatic N) is 1. The Kier molecular flexibility index (Phi) is 6.77. The molecule has 0 aliphatic heterocycles. The zero-order chi connectivity index (χ0) is 17.8. The highest BCUT2D eigenvalue weighted by Gasteiger charge is 2.40. The van der Waals surface area contributed by atoms with E-state index in [1.165, 1.54) is 12.1 Å². The topological polar surface area (TPSA) is 52.9 Å². The molecule has 0 bridgehead atoms. The molecule has 0 saturated heterocycles. The zero-order valence-electron chi connectivity index (χ0n) is 15.1. The molecule has 0 aromatic heterocycles. The van der Waals surface area contributed by atoms with E-state index in [2.05, 4.69) is 4.90 Å². The molecule has 0 amide bonds. The maximum Gasteiger partial charge on any atom is 0.491 e. The molecule has 2 N–H and O–H groups in total. The second-order valence-electron chi connectivity index (χ2n) is 6.84. The summed E-state index contributed by atoms with van der Waals surface area (Å²) in [6, 6.07) is 4.28. The van der Waals surface area contributed by atoms with Gasteiger partial charge in [-0.1, -0.05) is 19.9 Å². The molecule has 1 aromatic rings. The third kappa shape index (κ3) is 5.28. The van der Waals surface area contributed by atoms with Crippen LogP contribution in [0.3, 0.4) is 0 Å². The van der Waals surface area contributed by atoms with Gasteiger partial charge in [0.15, 0.2) is 0 Å². The minimum absolute atomic E-state index is 0.343. The van der Waals surface area contributed by atoms with Crippen molar-refractivity contribution in [3.05, 3.63) is 29.6 Å². The SMILES string of the molecule is CCN(CC)Cc1cc(F)ccc1B(O)OC(C)(C)C(C)(C)O. The Morgan fingerprint density at radius 3 is 2.22 bits per heavy atom. The highest BCUT2D eigenvalue weighted by Crippen LogP contribution is 2.25. The standard InChI is InChI=1S/C17H29BFNO3/c1-7-20(8-2)12-13-11-14(19)9-10-15(13)18(22)23-17(5,6)16(3,4)21/h9-11,21-22H,7-8,12H2,1-6H3. The minimum Gasteiger partial charge on any atom is -0.423 e. The van der Waals surface area contributed by atoms with Crippen molar-refractivity contribution in [2.45, 2.75) is 59.3 Å². The molecule has 0 radical (unpaired) electrons. The Bertz CT molecular complexity index is 513. The molecule has 1 rings (SSSR count). The highest BCUT2D eigenvalue weighted by atomic mass is 19.1. The normalized spacial score (nSPS) is 12.8. The minimum atomic E-state index is -1.23. The van der Waals surface area contributed by atoms with E-state index in [4.69, 9.17) is 4.65 Å². The van der Waals surface area contributed by atoms with Crippen LogP contribution in [0.4, 0.5) is 4.39 Å². The summed E-state index contributed by atoms with van der Waals surface area (Å²) in [7, 11) is -1.23. The lowest BCUT2D eigenvalue weighted by molar-refractivity contribution is -0.0982. The van der Waals surface area contributed by atoms with Crippen LogP contribution in [0.5, 0.6) is 0 Å². The van der Waals surface area contributed by atoms with Crippen LogP contribution in [0.25, 0.3) is 0 Å². The van der Waals surface area contributed by atoms with Gasteiger partial charge in [-0.3, -0.25) is 4.90 Å². The number of aliphatic hydroxyl groups is 1. The van der Waals surface area contributed by atoms with Crippen LogP contribution in [0.15, 0.2) is 18.2 Å². The van der Waals surface area contributed by atoms with Crippen molar-refractivity contribution in [2.75, 3.05) is 13.1 Å². The zero-order valence-corrected chi connectivity index (χ0v) is 15.1. The van der Waals surface area contributed by atoms with Gasteiger partial charge in [0.2, 0.25) is 0 Å². The molecule has 0 fully saturated rings. The van der Waals surface area contributed by atoms with E-state index in [1.54, 1.807) is 33.8 Å². The molecular weight excluding hydrogens is 296 g/mol. The molecule has 23 heavy (non-hydrogen) atoms. The van der Waals surface area contributed by atoms with E-state index in [9.17, 15) is 14.5 Å². The molecule has 130 valence electrons. The summed E-state index contributed by atoms with van der Waals surface area (Å²) in [5.41, 5.74) is -0.885. The highest BCUT2D eigenvalue weighted by molar-refractivity contribution is 6.60. The van der Waals surface area contributed by atoms with E-state index >= 15 is 0 Å². The van der Waals surface area contributed by atoms with Crippen LogP contribution in [-0.2, 0) is 11.2 Å². The van der Waals surface area contributed by atoms with Gasteiger partial charge in [-0.05, 0) is 63.9 Å². The second-order valence-corrected chi connectivity index (χ2v) is 6.84. The van der Waals surface area contributed by atoms with Gasteiger partial charge in [0.1, 0.15) is 5.82 Å². The summed E-state index contributed by atoms with van der Waals surface area (Å²) in [5.74, 6) is -0.343. The summed E-state index contributed by atoms with van der Waals surface area (Å²) in [6.07, 6.45) is 0. The first-order valence-electron chi connectivity index (χ1n) is 8.10. The maximum absolute atomic E-state index is 13.6. The number of rotatable bonds is 8. The Labute approximate surface area is 139 Å². The molecule has 4 nitrogen and oxygen atoms in total. The van der Waals surface area contributed by atoms with Crippen molar-refractivity contribution in [2.24, 2.45) is 0 Å². The van der Waals surface area contributed by atoms with Crippen LogP contribution < -0.4 is 5.46 Å². The van der Waals surface area contributed by atoms with E-state index in [0.29, 0.717) is 17.6 Å². The Balaban J connectivity index is 3.07. The van der Waals surface area contributed by atoms with Crippen molar-refractivity contribution in [3.8, 4) is 0 Å². The van der Waals surface area contributed by atoms with Crippen LogP contribution in [0.1, 0.15) is 47.1 Å². The first-order valence-corrected chi connectivity index (χ1v) is 8.10. The number of benzene rings is 1. The molecule has 0 aliphatic rings. The lowest BCUT2D eigenvalue weighted by Crippen LogP contribution is -2.53. The average Bonchev–Trinajstić information content (AvgIpc) is 2.42. The van der Waals surface area contributed by atoms with Gasteiger partial charge in [0, 0.05) is 6.54 Å². The molecule has 0 heterocycles. The Hall–Kier alpha value is -0.945. The third-order valence-corrected chi connectivity index (χ3v) is 4.54. The van der Waals surface area contributed by atoms with Crippen molar-refractivity contribution in [1.82, 2.24) is 4.90 Å². The molecular formula is C17H29BFNO3. The monoisotopic (exact) mass is 325 g/mol. The molecule has 0 atom stereocenters. The number of halogens is 1. The fraction of sp³-hybridized carbons (Fsp3) is 0.647. The van der Waals surface area contributed by atoms with Gasteiger partial charge in [0.05, 0.1) is 11.2 Å². The fourth-order valence-electron chi connectivity index (χ4n) is 2.13. The molecule has 6 heteroatoms. The molecule has 0 saturated carbocycles.